The van der Waals surface area contributed by atoms with Crippen molar-refractivity contribution in [1.82, 2.24) is 24.7 Å². The quantitative estimate of drug-likeness (QED) is 0.730. The van der Waals surface area contributed by atoms with Crippen LogP contribution in [0.15, 0.2) is 37.1 Å². The third-order valence-electron chi connectivity index (χ3n) is 3.91. The Morgan fingerprint density at radius 2 is 1.71 bits per heavy atom. The number of hydrogen-bond donors (Lipinski definition) is 0. The summed E-state index contributed by atoms with van der Waals surface area (Å²) in [6, 6.07) is 6.28. The normalized spacial score (nSPS) is 11.7. The van der Waals surface area contributed by atoms with E-state index >= 15 is 0 Å². The molecule has 0 saturated heterocycles. The second-order valence-corrected chi connectivity index (χ2v) is 7.35. The van der Waals surface area contributed by atoms with Gasteiger partial charge in [-0.3, -0.25) is 0 Å². The van der Waals surface area contributed by atoms with E-state index in [9.17, 15) is 0 Å². The molecule has 1 aromatic carbocycles. The molecule has 0 bridgehead atoms. The fourth-order valence-corrected chi connectivity index (χ4v) is 2.92. The minimum Gasteiger partial charge on any atom is -0.245 e. The van der Waals surface area contributed by atoms with Crippen LogP contribution < -0.4 is 0 Å². The van der Waals surface area contributed by atoms with E-state index in [0.29, 0.717) is 0 Å². The van der Waals surface area contributed by atoms with Crippen molar-refractivity contribution < 1.29 is 0 Å². The van der Waals surface area contributed by atoms with Gasteiger partial charge in [-0.1, -0.05) is 39.0 Å². The maximum Gasteiger partial charge on any atom is 0.161 e. The molecular weight excluding hydrogens is 298 g/mol. The third kappa shape index (κ3) is 3.20. The molecule has 3 rings (SSSR count). The number of rotatable bonds is 3. The molecule has 0 radical (unpaired) electrons. The van der Waals surface area contributed by atoms with Gasteiger partial charge in [0.2, 0.25) is 0 Å². The molecule has 0 N–H and O–H groups in total. The van der Waals surface area contributed by atoms with E-state index in [2.05, 4.69) is 72.9 Å². The van der Waals surface area contributed by atoms with Crippen molar-refractivity contribution >= 4 is 0 Å². The Labute approximate surface area is 142 Å². The first-order valence-corrected chi connectivity index (χ1v) is 8.11. The van der Waals surface area contributed by atoms with E-state index in [0.717, 1.165) is 29.2 Å². The summed E-state index contributed by atoms with van der Waals surface area (Å²) in [5.41, 5.74) is 5.45. The number of aryl methyl sites for hydroxylation is 2. The molecule has 2 heterocycles. The Bertz CT molecular complexity index is 838. The predicted molar refractivity (Wildman–Crippen MR) is 95.4 cm³/mol. The highest BCUT2D eigenvalue weighted by atomic mass is 15.3. The molecule has 0 fully saturated rings. The summed E-state index contributed by atoms with van der Waals surface area (Å²) in [4.78, 5) is 13.3. The molecular formula is C19H23N5. The molecule has 2 aromatic heterocycles. The summed E-state index contributed by atoms with van der Waals surface area (Å²) in [5, 5.41) is 4.41. The predicted octanol–water partition coefficient (Wildman–Crippen LogP) is 4.07. The number of hydrogen-bond acceptors (Lipinski definition) is 4. The first kappa shape index (κ1) is 16.3. The van der Waals surface area contributed by atoms with Gasteiger partial charge in [-0.2, -0.15) is 5.10 Å². The second-order valence-electron chi connectivity index (χ2n) is 7.35. The van der Waals surface area contributed by atoms with Gasteiger partial charge in [0.05, 0.1) is 11.3 Å². The molecule has 24 heavy (non-hydrogen) atoms. The van der Waals surface area contributed by atoms with Crippen LogP contribution >= 0.6 is 0 Å². The fraction of sp³-hybridized carbons (Fsp3) is 0.368. The zero-order valence-corrected chi connectivity index (χ0v) is 14.9. The van der Waals surface area contributed by atoms with Crippen molar-refractivity contribution in [2.45, 2.75) is 41.2 Å². The zero-order valence-electron chi connectivity index (χ0n) is 14.9. The minimum atomic E-state index is 0.108. The molecule has 124 valence electrons. The largest absolute Gasteiger partial charge is 0.245 e. The van der Waals surface area contributed by atoms with Crippen LogP contribution in [0.1, 0.15) is 31.9 Å². The van der Waals surface area contributed by atoms with E-state index in [1.54, 1.807) is 12.7 Å². The first-order chi connectivity index (χ1) is 11.4. The maximum atomic E-state index is 4.57. The molecule has 0 saturated carbocycles. The third-order valence-corrected chi connectivity index (χ3v) is 3.91. The Kier molecular flexibility index (Phi) is 4.18. The Hall–Kier alpha value is -2.56. The highest BCUT2D eigenvalue weighted by Crippen LogP contribution is 2.33. The van der Waals surface area contributed by atoms with Crippen molar-refractivity contribution in [2.75, 3.05) is 0 Å². The Morgan fingerprint density at radius 1 is 1.00 bits per heavy atom. The summed E-state index contributed by atoms with van der Waals surface area (Å²) in [5.74, 6) is 0.808. The van der Waals surface area contributed by atoms with Gasteiger partial charge in [-0.05, 0) is 30.4 Å². The van der Waals surface area contributed by atoms with Gasteiger partial charge in [0, 0.05) is 18.3 Å². The summed E-state index contributed by atoms with van der Waals surface area (Å²) >= 11 is 0. The SMILES string of the molecule is Cc1cccc(C)c1-c1ncncc1-c1ncnn1CC(C)(C)C. The smallest absolute Gasteiger partial charge is 0.161 e. The van der Waals surface area contributed by atoms with Crippen molar-refractivity contribution in [2.24, 2.45) is 5.41 Å². The Balaban J connectivity index is 2.17. The Morgan fingerprint density at radius 3 is 2.38 bits per heavy atom. The van der Waals surface area contributed by atoms with Crippen molar-refractivity contribution in [3.63, 3.8) is 0 Å². The molecule has 0 aliphatic heterocycles. The lowest BCUT2D eigenvalue weighted by Crippen LogP contribution is -2.17. The zero-order chi connectivity index (χ0) is 17.3. The molecule has 0 atom stereocenters. The first-order valence-electron chi connectivity index (χ1n) is 8.11. The monoisotopic (exact) mass is 321 g/mol. The lowest BCUT2D eigenvalue weighted by Gasteiger charge is -2.20. The van der Waals surface area contributed by atoms with Crippen molar-refractivity contribution in [1.29, 1.82) is 0 Å². The van der Waals surface area contributed by atoms with Gasteiger partial charge in [-0.15, -0.1) is 0 Å². The summed E-state index contributed by atoms with van der Waals surface area (Å²) in [6.07, 6.45) is 5.02. The van der Waals surface area contributed by atoms with Crippen molar-refractivity contribution in [3.05, 3.63) is 48.2 Å². The molecule has 0 aliphatic rings. The molecule has 0 unspecified atom stereocenters. The summed E-state index contributed by atoms with van der Waals surface area (Å²) in [6.45, 7) is 11.6. The highest BCUT2D eigenvalue weighted by molar-refractivity contribution is 5.80. The van der Waals surface area contributed by atoms with Gasteiger partial charge in [-0.25, -0.2) is 19.6 Å². The van der Waals surface area contributed by atoms with Gasteiger partial charge in [0.25, 0.3) is 0 Å². The average molecular weight is 321 g/mol. The molecule has 0 spiro atoms. The maximum absolute atomic E-state index is 4.57. The molecule has 5 heteroatoms. The second kappa shape index (κ2) is 6.15. The molecule has 5 nitrogen and oxygen atoms in total. The lowest BCUT2D eigenvalue weighted by molar-refractivity contribution is 0.327. The van der Waals surface area contributed by atoms with Crippen molar-refractivity contribution in [3.8, 4) is 22.6 Å². The molecule has 0 amide bonds. The van der Waals surface area contributed by atoms with Gasteiger partial charge in [0.1, 0.15) is 12.7 Å². The van der Waals surface area contributed by atoms with Crippen LogP contribution in [0.2, 0.25) is 0 Å². The van der Waals surface area contributed by atoms with Gasteiger partial charge < -0.3 is 0 Å². The molecule has 3 aromatic rings. The van der Waals surface area contributed by atoms with Crippen LogP contribution in [0.5, 0.6) is 0 Å². The topological polar surface area (TPSA) is 56.5 Å². The minimum absolute atomic E-state index is 0.108. The number of nitrogens with zero attached hydrogens (tertiary/aromatic N) is 5. The summed E-state index contributed by atoms with van der Waals surface area (Å²) < 4.78 is 1.94. The molecule has 0 aliphatic carbocycles. The van der Waals surface area contributed by atoms with Crippen LogP contribution in [-0.2, 0) is 6.54 Å². The lowest BCUT2D eigenvalue weighted by atomic mass is 9.95. The fourth-order valence-electron chi connectivity index (χ4n) is 2.92. The van der Waals surface area contributed by atoms with E-state index in [-0.39, 0.29) is 5.41 Å². The average Bonchev–Trinajstić information content (AvgIpc) is 2.93. The summed E-state index contributed by atoms with van der Waals surface area (Å²) in [7, 11) is 0. The number of aromatic nitrogens is 5. The number of benzene rings is 1. The van der Waals surface area contributed by atoms with E-state index < -0.39 is 0 Å². The van der Waals surface area contributed by atoms with Gasteiger partial charge >= 0.3 is 0 Å². The van der Waals surface area contributed by atoms with Crippen LogP contribution in [0.3, 0.4) is 0 Å². The standard InChI is InChI=1S/C19H23N5/c1-13-7-6-8-14(2)16(13)17-15(9-20-11-21-17)18-22-12-23-24(18)10-19(3,4)5/h6-9,11-12H,10H2,1-5H3. The van der Waals surface area contributed by atoms with E-state index in [1.807, 2.05) is 10.9 Å². The van der Waals surface area contributed by atoms with Crippen LogP contribution in [0, 0.1) is 19.3 Å². The van der Waals surface area contributed by atoms with E-state index in [4.69, 9.17) is 0 Å². The van der Waals surface area contributed by atoms with E-state index in [1.165, 1.54) is 11.1 Å². The van der Waals surface area contributed by atoms with Gasteiger partial charge in [0.15, 0.2) is 5.82 Å². The van der Waals surface area contributed by atoms with Crippen LogP contribution in [-0.4, -0.2) is 24.7 Å². The van der Waals surface area contributed by atoms with Crippen LogP contribution in [0.25, 0.3) is 22.6 Å². The van der Waals surface area contributed by atoms with Crippen LogP contribution in [0.4, 0.5) is 0 Å². The highest BCUT2D eigenvalue weighted by Gasteiger charge is 2.20.